The van der Waals surface area contributed by atoms with Gasteiger partial charge in [0.25, 0.3) is 0 Å². The van der Waals surface area contributed by atoms with Crippen LogP contribution in [0.25, 0.3) is 0 Å². The Bertz CT molecular complexity index is 44.1. The Morgan fingerprint density at radius 1 is 1.83 bits per heavy atom. The van der Waals surface area contributed by atoms with Gasteiger partial charge in [0.15, 0.2) is 0 Å². The van der Waals surface area contributed by atoms with Gasteiger partial charge in [0.1, 0.15) is 0 Å². The van der Waals surface area contributed by atoms with Crippen molar-refractivity contribution in [3.63, 3.8) is 0 Å². The predicted octanol–water partition coefficient (Wildman–Crippen LogP) is 0.0200. The summed E-state index contributed by atoms with van der Waals surface area (Å²) in [6, 6.07) is 0. The Labute approximate surface area is 48.0 Å². The van der Waals surface area contributed by atoms with Crippen LogP contribution in [0.4, 0.5) is 0 Å². The van der Waals surface area contributed by atoms with Gasteiger partial charge in [-0.25, -0.2) is 4.79 Å². The maximum absolute atomic E-state index is 9.34. The van der Waals surface area contributed by atoms with Crippen LogP contribution in [0.1, 0.15) is 6.92 Å². The van der Waals surface area contributed by atoms with Gasteiger partial charge in [-0.15, -0.1) is 0 Å². The van der Waals surface area contributed by atoms with E-state index >= 15 is 0 Å². The molecule has 0 aromatic heterocycles. The molecule has 0 radical (unpaired) electrons. The molecular weight excluding hydrogens is 137 g/mol. The van der Waals surface area contributed by atoms with Gasteiger partial charge >= 0.3 is 25.4 Å². The Morgan fingerprint density at radius 3 is 2.00 bits per heavy atom. The predicted molar refractivity (Wildman–Crippen MR) is 14.4 cm³/mol. The first kappa shape index (κ1) is 9.41. The minimum absolute atomic E-state index is 0. The van der Waals surface area contributed by atoms with Crippen molar-refractivity contribution in [1.29, 1.82) is 0 Å². The maximum Gasteiger partial charge on any atom is 2.00 e. The van der Waals surface area contributed by atoms with Crippen LogP contribution in [0.3, 0.4) is 0 Å². The molecule has 0 heterocycles. The molecule has 3 nitrogen and oxygen atoms in total. The fourth-order valence-electron chi connectivity index (χ4n) is 0. The summed E-state index contributed by atoms with van der Waals surface area (Å²) in [6.07, 6.45) is 0. The van der Waals surface area contributed by atoms with E-state index in [1.807, 2.05) is 0 Å². The molecule has 0 amide bonds. The Morgan fingerprint density at radius 2 is 2.00 bits per heavy atom. The van der Waals surface area contributed by atoms with Crippen molar-refractivity contribution in [2.75, 3.05) is 0 Å². The SMILES string of the molecule is CC(=O)OO.[Zn+2]. The van der Waals surface area contributed by atoms with E-state index in [1.165, 1.54) is 0 Å². The zero-order valence-electron chi connectivity index (χ0n) is 3.47. The van der Waals surface area contributed by atoms with Crippen molar-refractivity contribution >= 4 is 5.97 Å². The molecule has 6 heavy (non-hydrogen) atoms. The molecule has 0 rings (SSSR count). The molecule has 0 aromatic rings. The molecule has 0 unspecified atom stereocenters. The van der Waals surface area contributed by atoms with E-state index in [0.29, 0.717) is 0 Å². The van der Waals surface area contributed by atoms with Crippen LogP contribution in [0.2, 0.25) is 0 Å². The summed E-state index contributed by atoms with van der Waals surface area (Å²) < 4.78 is 0. The molecule has 0 fully saturated rings. The first-order valence-electron chi connectivity index (χ1n) is 1.09. The fraction of sp³-hybridized carbons (Fsp3) is 0.500. The Hall–Kier alpha value is 0.0534. The normalized spacial score (nSPS) is 5.67. The Balaban J connectivity index is 0. The van der Waals surface area contributed by atoms with Gasteiger partial charge in [-0.3, -0.25) is 0 Å². The second-order valence-electron chi connectivity index (χ2n) is 0.583. The van der Waals surface area contributed by atoms with E-state index < -0.39 is 5.97 Å². The third kappa shape index (κ3) is 8.96. The van der Waals surface area contributed by atoms with Crippen LogP contribution in [0.5, 0.6) is 0 Å². The van der Waals surface area contributed by atoms with Gasteiger partial charge in [0.05, 0.1) is 0 Å². The van der Waals surface area contributed by atoms with Crippen molar-refractivity contribution in [3.8, 4) is 0 Å². The molecule has 0 aromatic carbocycles. The third-order valence-corrected chi connectivity index (χ3v) is 0.129. The topological polar surface area (TPSA) is 46.5 Å². The van der Waals surface area contributed by atoms with Crippen LogP contribution in [-0.4, -0.2) is 11.2 Å². The summed E-state index contributed by atoms with van der Waals surface area (Å²) in [6.45, 7) is 1.11. The van der Waals surface area contributed by atoms with E-state index in [9.17, 15) is 4.79 Å². The third-order valence-electron chi connectivity index (χ3n) is 0.129. The number of carbonyl (C=O) groups excluding carboxylic acids is 1. The van der Waals surface area contributed by atoms with Gasteiger partial charge in [0, 0.05) is 6.92 Å². The summed E-state index contributed by atoms with van der Waals surface area (Å²) in [4.78, 5) is 12.5. The summed E-state index contributed by atoms with van der Waals surface area (Å²) in [5.74, 6) is -0.690. The second-order valence-corrected chi connectivity index (χ2v) is 0.583. The summed E-state index contributed by atoms with van der Waals surface area (Å²) >= 11 is 0. The van der Waals surface area contributed by atoms with Crippen LogP contribution < -0.4 is 0 Å². The van der Waals surface area contributed by atoms with E-state index in [2.05, 4.69) is 4.89 Å². The van der Waals surface area contributed by atoms with Gasteiger partial charge in [-0.2, -0.15) is 5.26 Å². The van der Waals surface area contributed by atoms with Crippen LogP contribution in [0, 0.1) is 0 Å². The summed E-state index contributed by atoms with van der Waals surface area (Å²) in [5.41, 5.74) is 0. The molecule has 30 valence electrons. The zero-order valence-corrected chi connectivity index (χ0v) is 6.44. The molecule has 0 aliphatic heterocycles. The zero-order chi connectivity index (χ0) is 4.28. The second kappa shape index (κ2) is 5.05. The monoisotopic (exact) mass is 140 g/mol. The van der Waals surface area contributed by atoms with E-state index in [-0.39, 0.29) is 19.5 Å². The van der Waals surface area contributed by atoms with Gasteiger partial charge < -0.3 is 4.89 Å². The minimum atomic E-state index is -0.690. The van der Waals surface area contributed by atoms with Crippen molar-refractivity contribution in [3.05, 3.63) is 0 Å². The largest absolute Gasteiger partial charge is 2.00 e. The number of hydrogen-bond acceptors (Lipinski definition) is 3. The number of carbonyl (C=O) groups is 1. The van der Waals surface area contributed by atoms with E-state index in [4.69, 9.17) is 5.26 Å². The van der Waals surface area contributed by atoms with Crippen LogP contribution in [-0.2, 0) is 29.2 Å². The van der Waals surface area contributed by atoms with Gasteiger partial charge in [-0.05, 0) is 0 Å². The van der Waals surface area contributed by atoms with Crippen molar-refractivity contribution < 1.29 is 34.4 Å². The average Bonchev–Trinajstić information content (AvgIpc) is 1.38. The molecule has 1 N–H and O–H groups in total. The first-order chi connectivity index (χ1) is 2.27. The molecule has 0 spiro atoms. The summed E-state index contributed by atoms with van der Waals surface area (Å²) in [7, 11) is 0. The van der Waals surface area contributed by atoms with Gasteiger partial charge in [0.2, 0.25) is 0 Å². The first-order valence-corrected chi connectivity index (χ1v) is 1.09. The van der Waals surface area contributed by atoms with Gasteiger partial charge in [-0.1, -0.05) is 0 Å². The standard InChI is InChI=1S/C2H4O3.Zn/c1-2(3)5-4;/h4H,1H3;/q;+2. The van der Waals surface area contributed by atoms with Crippen LogP contribution >= 0.6 is 0 Å². The number of hydrogen-bond donors (Lipinski definition) is 1. The molecule has 0 atom stereocenters. The molecule has 0 saturated heterocycles. The Kier molecular flexibility index (Phi) is 7.92. The average molecular weight is 141 g/mol. The minimum Gasteiger partial charge on any atom is -0.301 e. The smallest absolute Gasteiger partial charge is 0.301 e. The summed E-state index contributed by atoms with van der Waals surface area (Å²) in [5, 5.41) is 7.29. The quantitative estimate of drug-likeness (QED) is 0.294. The van der Waals surface area contributed by atoms with E-state index in [0.717, 1.165) is 6.92 Å². The molecule has 0 saturated carbocycles. The van der Waals surface area contributed by atoms with Crippen molar-refractivity contribution in [2.45, 2.75) is 6.92 Å². The number of rotatable bonds is 0. The van der Waals surface area contributed by atoms with Crippen LogP contribution in [0.15, 0.2) is 0 Å². The van der Waals surface area contributed by atoms with Crippen molar-refractivity contribution in [1.82, 2.24) is 0 Å². The van der Waals surface area contributed by atoms with E-state index in [1.54, 1.807) is 0 Å². The molecule has 0 bridgehead atoms. The fourth-order valence-corrected chi connectivity index (χ4v) is 0. The molecule has 4 heteroatoms. The maximum atomic E-state index is 9.34. The molecule has 0 aliphatic carbocycles. The van der Waals surface area contributed by atoms with Crippen molar-refractivity contribution in [2.24, 2.45) is 0 Å². The molecule has 0 aliphatic rings. The molecular formula is C2H4O3Zn+2.